The van der Waals surface area contributed by atoms with Crippen LogP contribution in [0.5, 0.6) is 11.5 Å². The molecule has 1 aliphatic heterocycles. The second-order valence-corrected chi connectivity index (χ2v) is 7.77. The summed E-state index contributed by atoms with van der Waals surface area (Å²) in [6.07, 6.45) is 9.32. The Morgan fingerprint density at radius 1 is 1.28 bits per heavy atom. The number of methoxy groups -OCH3 is 2. The summed E-state index contributed by atoms with van der Waals surface area (Å²) in [5, 5.41) is 0. The molecule has 1 aromatic rings. The minimum Gasteiger partial charge on any atom is -0.496 e. The number of esters is 1. The van der Waals surface area contributed by atoms with Crippen LogP contribution < -0.4 is 9.47 Å². The number of rotatable bonds is 9. The summed E-state index contributed by atoms with van der Waals surface area (Å²) in [5.41, 5.74) is 3.69. The lowest BCUT2D eigenvalue weighted by molar-refractivity contribution is -0.137. The second-order valence-electron chi connectivity index (χ2n) is 7.77. The number of hydrogen-bond donors (Lipinski definition) is 0. The molecular formula is C26H30O6. The molecule has 6 heteroatoms. The maximum Gasteiger partial charge on any atom is 0.337 e. The van der Waals surface area contributed by atoms with Crippen molar-refractivity contribution in [1.29, 1.82) is 0 Å². The second kappa shape index (κ2) is 10.4. The molecule has 1 aliphatic carbocycles. The van der Waals surface area contributed by atoms with Crippen LogP contribution in [0.1, 0.15) is 49.0 Å². The van der Waals surface area contributed by atoms with Gasteiger partial charge in [0.25, 0.3) is 0 Å². The molecular weight excluding hydrogens is 408 g/mol. The third kappa shape index (κ3) is 4.64. The Balaban J connectivity index is 2.02. The Hall–Kier alpha value is -3.28. The van der Waals surface area contributed by atoms with Crippen LogP contribution in [0.25, 0.3) is 0 Å². The van der Waals surface area contributed by atoms with E-state index in [-0.39, 0.29) is 11.9 Å². The highest BCUT2D eigenvalue weighted by molar-refractivity contribution is 5.97. The van der Waals surface area contributed by atoms with Gasteiger partial charge in [0, 0.05) is 12.0 Å². The standard InChI is InChI=1S/C26H30O6/c1-6-8-19-23(11-10-18(16(3)27)25(19)29-4)32-24-14-17-12-13-31-22(9-7-2)20(17)15-21(24)26(28)30-5/h6,10-13,15,22,24H,1,7-9,14H2,2-5H3. The van der Waals surface area contributed by atoms with Crippen LogP contribution in [0.2, 0.25) is 0 Å². The fraction of sp³-hybridized carbons (Fsp3) is 0.385. The van der Waals surface area contributed by atoms with Gasteiger partial charge in [-0.3, -0.25) is 4.79 Å². The number of benzene rings is 1. The summed E-state index contributed by atoms with van der Waals surface area (Å²) in [7, 11) is 2.88. The Morgan fingerprint density at radius 3 is 2.69 bits per heavy atom. The summed E-state index contributed by atoms with van der Waals surface area (Å²) < 4.78 is 22.8. The van der Waals surface area contributed by atoms with Gasteiger partial charge in [-0.25, -0.2) is 4.79 Å². The molecule has 0 saturated heterocycles. The number of Topliss-reactive ketones (excluding diaryl/α,β-unsaturated/α-hetero) is 1. The van der Waals surface area contributed by atoms with Crippen LogP contribution in [0.3, 0.4) is 0 Å². The first-order chi connectivity index (χ1) is 15.4. The minimum absolute atomic E-state index is 0.0909. The summed E-state index contributed by atoms with van der Waals surface area (Å²) in [4.78, 5) is 24.7. The smallest absolute Gasteiger partial charge is 0.337 e. The van der Waals surface area contributed by atoms with E-state index in [4.69, 9.17) is 18.9 Å². The summed E-state index contributed by atoms with van der Waals surface area (Å²) in [6, 6.07) is 3.43. The van der Waals surface area contributed by atoms with Gasteiger partial charge in [-0.2, -0.15) is 0 Å². The van der Waals surface area contributed by atoms with Crippen molar-refractivity contribution >= 4 is 11.8 Å². The quantitative estimate of drug-likeness (QED) is 0.311. The van der Waals surface area contributed by atoms with Crippen molar-refractivity contribution in [3.05, 3.63) is 71.0 Å². The fourth-order valence-corrected chi connectivity index (χ4v) is 4.15. The van der Waals surface area contributed by atoms with E-state index >= 15 is 0 Å². The molecule has 0 saturated carbocycles. The van der Waals surface area contributed by atoms with E-state index in [9.17, 15) is 9.59 Å². The zero-order valence-corrected chi connectivity index (χ0v) is 19.1. The van der Waals surface area contributed by atoms with Crippen molar-refractivity contribution in [2.24, 2.45) is 0 Å². The number of carbonyl (C=O) groups is 2. The van der Waals surface area contributed by atoms with E-state index in [0.29, 0.717) is 41.0 Å². The summed E-state index contributed by atoms with van der Waals surface area (Å²) >= 11 is 0. The number of ketones is 1. The molecule has 3 rings (SSSR count). The van der Waals surface area contributed by atoms with E-state index < -0.39 is 12.1 Å². The number of hydrogen-bond acceptors (Lipinski definition) is 6. The molecule has 1 aromatic carbocycles. The van der Waals surface area contributed by atoms with Crippen LogP contribution in [-0.2, 0) is 20.7 Å². The van der Waals surface area contributed by atoms with Crippen LogP contribution >= 0.6 is 0 Å². The number of carbonyl (C=O) groups excluding carboxylic acids is 2. The summed E-state index contributed by atoms with van der Waals surface area (Å²) in [6.45, 7) is 7.41. The van der Waals surface area contributed by atoms with Gasteiger partial charge in [-0.05, 0) is 55.2 Å². The summed E-state index contributed by atoms with van der Waals surface area (Å²) in [5.74, 6) is 0.458. The first kappa shape index (κ1) is 23.4. The van der Waals surface area contributed by atoms with Gasteiger partial charge in [0.2, 0.25) is 0 Å². The van der Waals surface area contributed by atoms with Crippen molar-refractivity contribution in [3.63, 3.8) is 0 Å². The first-order valence-corrected chi connectivity index (χ1v) is 10.8. The highest BCUT2D eigenvalue weighted by Crippen LogP contribution is 2.38. The Bertz CT molecular complexity index is 998. The Labute approximate surface area is 189 Å². The molecule has 0 N–H and O–H groups in total. The van der Waals surface area contributed by atoms with Crippen LogP contribution in [0.4, 0.5) is 0 Å². The van der Waals surface area contributed by atoms with Crippen molar-refractivity contribution in [3.8, 4) is 11.5 Å². The Morgan fingerprint density at radius 2 is 2.06 bits per heavy atom. The molecule has 0 spiro atoms. The van der Waals surface area contributed by atoms with E-state index in [1.807, 2.05) is 12.2 Å². The minimum atomic E-state index is -0.553. The zero-order valence-electron chi connectivity index (χ0n) is 19.1. The molecule has 0 amide bonds. The lowest BCUT2D eigenvalue weighted by Gasteiger charge is -2.32. The lowest BCUT2D eigenvalue weighted by Crippen LogP contribution is -2.32. The molecule has 2 unspecified atom stereocenters. The third-order valence-corrected chi connectivity index (χ3v) is 5.68. The zero-order chi connectivity index (χ0) is 23.3. The molecule has 2 aliphatic rings. The molecule has 2 atom stereocenters. The average Bonchev–Trinajstić information content (AvgIpc) is 2.79. The largest absolute Gasteiger partial charge is 0.496 e. The highest BCUT2D eigenvalue weighted by Gasteiger charge is 2.34. The van der Waals surface area contributed by atoms with Gasteiger partial charge in [0.05, 0.1) is 31.6 Å². The molecule has 6 nitrogen and oxygen atoms in total. The SMILES string of the molecule is C=CCc1c(OC2CC3=C(C=C2C(=O)OC)C(CCC)OC=C3)ccc(C(C)=O)c1OC. The predicted molar refractivity (Wildman–Crippen MR) is 122 cm³/mol. The van der Waals surface area contributed by atoms with Crippen LogP contribution in [-0.4, -0.2) is 38.2 Å². The maximum atomic E-state index is 12.6. The molecule has 1 heterocycles. The molecule has 0 radical (unpaired) electrons. The van der Waals surface area contributed by atoms with Gasteiger partial charge in [0.1, 0.15) is 23.7 Å². The topological polar surface area (TPSA) is 71.1 Å². The van der Waals surface area contributed by atoms with Gasteiger partial charge in [-0.1, -0.05) is 19.4 Å². The van der Waals surface area contributed by atoms with E-state index in [1.54, 1.807) is 24.5 Å². The third-order valence-electron chi connectivity index (χ3n) is 5.68. The number of ether oxygens (including phenoxy) is 4. The van der Waals surface area contributed by atoms with Crippen molar-refractivity contribution in [1.82, 2.24) is 0 Å². The van der Waals surface area contributed by atoms with E-state index in [1.165, 1.54) is 21.1 Å². The monoisotopic (exact) mass is 438 g/mol. The molecule has 32 heavy (non-hydrogen) atoms. The number of allylic oxidation sites excluding steroid dienone is 2. The first-order valence-electron chi connectivity index (χ1n) is 10.8. The predicted octanol–water partition coefficient (Wildman–Crippen LogP) is 4.89. The van der Waals surface area contributed by atoms with Gasteiger partial charge < -0.3 is 18.9 Å². The van der Waals surface area contributed by atoms with E-state index in [0.717, 1.165) is 24.0 Å². The molecule has 0 aromatic heterocycles. The van der Waals surface area contributed by atoms with Crippen molar-refractivity contribution in [2.75, 3.05) is 14.2 Å². The normalized spacial score (nSPS) is 19.4. The molecule has 0 bridgehead atoms. The van der Waals surface area contributed by atoms with Gasteiger partial charge >= 0.3 is 5.97 Å². The average molecular weight is 439 g/mol. The fourth-order valence-electron chi connectivity index (χ4n) is 4.15. The Kier molecular flexibility index (Phi) is 7.57. The van der Waals surface area contributed by atoms with E-state index in [2.05, 4.69) is 13.5 Å². The van der Waals surface area contributed by atoms with Gasteiger partial charge in [-0.15, -0.1) is 6.58 Å². The van der Waals surface area contributed by atoms with Crippen LogP contribution in [0.15, 0.2) is 59.9 Å². The van der Waals surface area contributed by atoms with Crippen molar-refractivity contribution < 1.29 is 28.5 Å². The molecule has 0 fully saturated rings. The van der Waals surface area contributed by atoms with Crippen LogP contribution in [0, 0.1) is 0 Å². The molecule has 170 valence electrons. The maximum absolute atomic E-state index is 12.6. The van der Waals surface area contributed by atoms with Crippen molar-refractivity contribution in [2.45, 2.75) is 51.7 Å². The van der Waals surface area contributed by atoms with Gasteiger partial charge in [0.15, 0.2) is 5.78 Å². The lowest BCUT2D eigenvalue weighted by atomic mass is 9.85. The highest BCUT2D eigenvalue weighted by atomic mass is 16.5.